The number of nitrogens with zero attached hydrogens (tertiary/aromatic N) is 1. The maximum atomic E-state index is 12.6. The first-order valence-corrected chi connectivity index (χ1v) is 7.21. The van der Waals surface area contributed by atoms with Crippen LogP contribution in [0.2, 0.25) is 0 Å². The summed E-state index contributed by atoms with van der Waals surface area (Å²) in [6.45, 7) is 1.95. The lowest BCUT2D eigenvalue weighted by molar-refractivity contribution is -0.137. The number of rotatable bonds is 4. The molecule has 1 heterocycles. The molecule has 5 heteroatoms. The van der Waals surface area contributed by atoms with Gasteiger partial charge >= 0.3 is 6.18 Å². The monoisotopic (exact) mass is 284 g/mol. The predicted molar refractivity (Wildman–Crippen MR) is 72.8 cm³/mol. The van der Waals surface area contributed by atoms with Crippen LogP contribution < -0.4 is 10.2 Å². The van der Waals surface area contributed by atoms with E-state index in [1.165, 1.54) is 18.6 Å². The van der Waals surface area contributed by atoms with E-state index in [0.717, 1.165) is 38.0 Å². The number of anilines is 1. The fourth-order valence-corrected chi connectivity index (χ4v) is 2.84. The Balaban J connectivity index is 1.73. The summed E-state index contributed by atoms with van der Waals surface area (Å²) in [4.78, 5) is 2.27. The number of hydrogen-bond donors (Lipinski definition) is 1. The fraction of sp³-hybridized carbons (Fsp3) is 0.600. The van der Waals surface area contributed by atoms with E-state index in [2.05, 4.69) is 10.2 Å². The molecule has 1 saturated heterocycles. The Morgan fingerprint density at radius 3 is 2.30 bits per heavy atom. The quantitative estimate of drug-likeness (QED) is 0.911. The minimum Gasteiger partial charge on any atom is -0.367 e. The number of hydrogen-bond acceptors (Lipinski definition) is 2. The molecular weight excluding hydrogens is 265 g/mol. The molecular formula is C15H19F3N2. The fourth-order valence-electron chi connectivity index (χ4n) is 2.84. The number of alkyl halides is 3. The minimum absolute atomic E-state index is 0.470. The van der Waals surface area contributed by atoms with Crippen LogP contribution in [0.1, 0.15) is 31.2 Å². The van der Waals surface area contributed by atoms with Crippen LogP contribution >= 0.6 is 0 Å². The maximum absolute atomic E-state index is 12.6. The molecule has 1 aliphatic carbocycles. The molecule has 2 aliphatic rings. The third kappa shape index (κ3) is 3.08. The molecule has 20 heavy (non-hydrogen) atoms. The van der Waals surface area contributed by atoms with Gasteiger partial charge in [-0.2, -0.15) is 13.2 Å². The van der Waals surface area contributed by atoms with Gasteiger partial charge in [0, 0.05) is 24.3 Å². The first kappa shape index (κ1) is 13.7. The molecule has 0 aromatic heterocycles. The van der Waals surface area contributed by atoms with E-state index in [-0.39, 0.29) is 0 Å². The summed E-state index contributed by atoms with van der Waals surface area (Å²) < 4.78 is 37.8. The summed E-state index contributed by atoms with van der Waals surface area (Å²) in [6, 6.07) is 6.57. The second kappa shape index (κ2) is 5.28. The van der Waals surface area contributed by atoms with Crippen LogP contribution in [0, 0.1) is 0 Å². The van der Waals surface area contributed by atoms with Crippen molar-refractivity contribution in [2.45, 2.75) is 43.9 Å². The van der Waals surface area contributed by atoms with Crippen LogP contribution in [0.4, 0.5) is 18.9 Å². The highest BCUT2D eigenvalue weighted by molar-refractivity contribution is 5.50. The first-order valence-electron chi connectivity index (χ1n) is 7.21. The van der Waals surface area contributed by atoms with Gasteiger partial charge in [0.05, 0.1) is 5.56 Å². The van der Waals surface area contributed by atoms with E-state index >= 15 is 0 Å². The molecule has 0 radical (unpaired) electrons. The zero-order valence-electron chi connectivity index (χ0n) is 11.3. The minimum atomic E-state index is -4.25. The second-order valence-electron chi connectivity index (χ2n) is 5.72. The van der Waals surface area contributed by atoms with E-state index in [1.54, 1.807) is 12.1 Å². The molecule has 2 nitrogen and oxygen atoms in total. The predicted octanol–water partition coefficient (Wildman–Crippen LogP) is 3.43. The lowest BCUT2D eigenvalue weighted by Crippen LogP contribution is -2.38. The Hall–Kier alpha value is -1.23. The van der Waals surface area contributed by atoms with Gasteiger partial charge in [0.1, 0.15) is 0 Å². The van der Waals surface area contributed by atoms with Gasteiger partial charge < -0.3 is 10.2 Å². The second-order valence-corrected chi connectivity index (χ2v) is 5.72. The SMILES string of the molecule is FC(F)(F)c1ccc(N(CC2CCCN2)C2CC2)cc1. The van der Waals surface area contributed by atoms with Crippen molar-refractivity contribution in [1.29, 1.82) is 0 Å². The van der Waals surface area contributed by atoms with E-state index in [1.807, 2.05) is 0 Å². The normalized spacial score (nSPS) is 23.1. The van der Waals surface area contributed by atoms with Gasteiger partial charge in [-0.05, 0) is 56.5 Å². The standard InChI is InChI=1S/C15H19F3N2/c16-15(17,18)11-3-5-13(6-4-11)20(14-7-8-14)10-12-2-1-9-19-12/h3-6,12,14,19H,1-2,7-10H2. The van der Waals surface area contributed by atoms with Crippen LogP contribution in [-0.2, 0) is 6.18 Å². The van der Waals surface area contributed by atoms with E-state index in [4.69, 9.17) is 0 Å². The third-order valence-corrected chi connectivity index (χ3v) is 4.09. The van der Waals surface area contributed by atoms with Crippen molar-refractivity contribution >= 4 is 5.69 Å². The Labute approximate surface area is 117 Å². The molecule has 0 bridgehead atoms. The van der Waals surface area contributed by atoms with Crippen molar-refractivity contribution in [3.63, 3.8) is 0 Å². The van der Waals surface area contributed by atoms with Crippen molar-refractivity contribution < 1.29 is 13.2 Å². The number of nitrogens with one attached hydrogen (secondary N) is 1. The summed E-state index contributed by atoms with van der Waals surface area (Å²) in [5.74, 6) is 0. The summed E-state index contributed by atoms with van der Waals surface area (Å²) >= 11 is 0. The van der Waals surface area contributed by atoms with Crippen molar-refractivity contribution in [2.75, 3.05) is 18.0 Å². The summed E-state index contributed by atoms with van der Waals surface area (Å²) in [7, 11) is 0. The molecule has 1 atom stereocenters. The smallest absolute Gasteiger partial charge is 0.367 e. The number of halogens is 3. The highest BCUT2D eigenvalue weighted by Gasteiger charge is 2.33. The Morgan fingerprint density at radius 1 is 1.10 bits per heavy atom. The molecule has 0 amide bonds. The molecule has 3 rings (SSSR count). The van der Waals surface area contributed by atoms with Crippen molar-refractivity contribution in [2.24, 2.45) is 0 Å². The summed E-state index contributed by atoms with van der Waals surface area (Å²) in [5, 5.41) is 3.45. The summed E-state index contributed by atoms with van der Waals surface area (Å²) in [6.07, 6.45) is 0.386. The van der Waals surface area contributed by atoms with Gasteiger partial charge in [-0.15, -0.1) is 0 Å². The Kier molecular flexibility index (Phi) is 3.63. The van der Waals surface area contributed by atoms with Gasteiger partial charge in [-0.1, -0.05) is 0 Å². The molecule has 1 N–H and O–H groups in total. The van der Waals surface area contributed by atoms with E-state index in [9.17, 15) is 13.2 Å². The Morgan fingerprint density at radius 2 is 1.80 bits per heavy atom. The molecule has 1 aliphatic heterocycles. The molecule has 1 aromatic rings. The topological polar surface area (TPSA) is 15.3 Å². The van der Waals surface area contributed by atoms with Crippen molar-refractivity contribution in [1.82, 2.24) is 5.32 Å². The lowest BCUT2D eigenvalue weighted by Gasteiger charge is -2.28. The molecule has 2 fully saturated rings. The lowest BCUT2D eigenvalue weighted by atomic mass is 10.1. The zero-order chi connectivity index (χ0) is 14.2. The van der Waals surface area contributed by atoms with Gasteiger partial charge in [-0.3, -0.25) is 0 Å². The van der Waals surface area contributed by atoms with E-state index < -0.39 is 11.7 Å². The highest BCUT2D eigenvalue weighted by Crippen LogP contribution is 2.35. The molecule has 110 valence electrons. The van der Waals surface area contributed by atoms with Crippen LogP contribution in [-0.4, -0.2) is 25.2 Å². The maximum Gasteiger partial charge on any atom is 0.416 e. The molecule has 0 spiro atoms. The third-order valence-electron chi connectivity index (χ3n) is 4.09. The Bertz CT molecular complexity index is 445. The largest absolute Gasteiger partial charge is 0.416 e. The van der Waals surface area contributed by atoms with Crippen LogP contribution in [0.15, 0.2) is 24.3 Å². The van der Waals surface area contributed by atoms with Crippen LogP contribution in [0.3, 0.4) is 0 Å². The van der Waals surface area contributed by atoms with Crippen molar-refractivity contribution in [3.05, 3.63) is 29.8 Å². The van der Waals surface area contributed by atoms with Crippen molar-refractivity contribution in [3.8, 4) is 0 Å². The van der Waals surface area contributed by atoms with Gasteiger partial charge in [0.25, 0.3) is 0 Å². The average molecular weight is 284 g/mol. The van der Waals surface area contributed by atoms with Gasteiger partial charge in [0.2, 0.25) is 0 Å². The van der Waals surface area contributed by atoms with Crippen LogP contribution in [0.25, 0.3) is 0 Å². The van der Waals surface area contributed by atoms with Gasteiger partial charge in [-0.25, -0.2) is 0 Å². The zero-order valence-corrected chi connectivity index (χ0v) is 11.3. The molecule has 1 unspecified atom stereocenters. The number of benzene rings is 1. The van der Waals surface area contributed by atoms with Crippen LogP contribution in [0.5, 0.6) is 0 Å². The average Bonchev–Trinajstić information content (AvgIpc) is 3.12. The first-order chi connectivity index (χ1) is 9.54. The summed E-state index contributed by atoms with van der Waals surface area (Å²) in [5.41, 5.74) is 0.338. The molecule has 1 aromatic carbocycles. The highest BCUT2D eigenvalue weighted by atomic mass is 19.4. The van der Waals surface area contributed by atoms with E-state index in [0.29, 0.717) is 12.1 Å². The molecule has 1 saturated carbocycles. The van der Waals surface area contributed by atoms with Gasteiger partial charge in [0.15, 0.2) is 0 Å².